The number of hydrogen-bond acceptors (Lipinski definition) is 6. The Balaban J connectivity index is 1.62. The van der Waals surface area contributed by atoms with E-state index in [4.69, 9.17) is 5.26 Å². The van der Waals surface area contributed by atoms with Gasteiger partial charge in [-0.15, -0.1) is 0 Å². The van der Waals surface area contributed by atoms with Crippen molar-refractivity contribution in [1.29, 1.82) is 5.26 Å². The van der Waals surface area contributed by atoms with Gasteiger partial charge in [0.1, 0.15) is 0 Å². The molecule has 1 atom stereocenters. The zero-order chi connectivity index (χ0) is 21.2. The standard InChI is InChI=1S/C20H25N5O3S/c1-14-19(15(2)25(23-14)18-8-9-29(27,28)13-18)11-24(3)12-20(26)22-17-6-4-16(10-21)5-7-17/h4-7,18H,8-9,11-13H2,1-3H3,(H,22,26)/t18-/m0/s1. The molecule has 2 heterocycles. The number of carbonyl (C=O) groups is 1. The summed E-state index contributed by atoms with van der Waals surface area (Å²) < 4.78 is 25.4. The van der Waals surface area contributed by atoms with Crippen molar-refractivity contribution in [1.82, 2.24) is 14.7 Å². The summed E-state index contributed by atoms with van der Waals surface area (Å²) in [6.45, 7) is 4.59. The van der Waals surface area contributed by atoms with Crippen molar-refractivity contribution in [2.75, 3.05) is 30.4 Å². The summed E-state index contributed by atoms with van der Waals surface area (Å²) >= 11 is 0. The van der Waals surface area contributed by atoms with E-state index in [0.717, 1.165) is 17.0 Å². The maximum Gasteiger partial charge on any atom is 0.238 e. The molecule has 9 heteroatoms. The average molecular weight is 416 g/mol. The Morgan fingerprint density at radius 2 is 2.03 bits per heavy atom. The van der Waals surface area contributed by atoms with Crippen molar-refractivity contribution in [3.8, 4) is 6.07 Å². The Bertz CT molecular complexity index is 1050. The molecule has 1 aromatic heterocycles. The third-order valence-electron chi connectivity index (χ3n) is 5.17. The number of nitriles is 1. The predicted molar refractivity (Wildman–Crippen MR) is 110 cm³/mol. The molecule has 1 saturated heterocycles. The molecular formula is C20H25N5O3S. The molecule has 0 bridgehead atoms. The second-order valence-electron chi connectivity index (χ2n) is 7.56. The Kier molecular flexibility index (Phi) is 6.05. The van der Waals surface area contributed by atoms with Crippen LogP contribution < -0.4 is 5.32 Å². The van der Waals surface area contributed by atoms with Gasteiger partial charge in [0, 0.05) is 23.5 Å². The Labute approximate surface area is 171 Å². The van der Waals surface area contributed by atoms with Crippen LogP contribution in [0.3, 0.4) is 0 Å². The highest BCUT2D eigenvalue weighted by Gasteiger charge is 2.31. The lowest BCUT2D eigenvalue weighted by atomic mass is 10.1. The summed E-state index contributed by atoms with van der Waals surface area (Å²) in [6, 6.07) is 8.64. The quantitative estimate of drug-likeness (QED) is 0.771. The highest BCUT2D eigenvalue weighted by atomic mass is 32.2. The van der Waals surface area contributed by atoms with Crippen LogP contribution in [-0.4, -0.2) is 54.1 Å². The Morgan fingerprint density at radius 1 is 1.34 bits per heavy atom. The van der Waals surface area contributed by atoms with E-state index in [9.17, 15) is 13.2 Å². The molecular weight excluding hydrogens is 390 g/mol. The van der Waals surface area contributed by atoms with Crippen LogP contribution in [0.25, 0.3) is 0 Å². The first-order chi connectivity index (χ1) is 13.7. The fourth-order valence-electron chi connectivity index (χ4n) is 3.65. The topological polar surface area (TPSA) is 108 Å². The lowest BCUT2D eigenvalue weighted by Crippen LogP contribution is -2.30. The molecule has 1 fully saturated rings. The molecule has 2 aromatic rings. The summed E-state index contributed by atoms with van der Waals surface area (Å²) in [7, 11) is -1.12. The first kappa shape index (κ1) is 21.0. The van der Waals surface area contributed by atoms with Crippen molar-refractivity contribution in [2.45, 2.75) is 32.9 Å². The molecule has 1 aromatic carbocycles. The first-order valence-electron chi connectivity index (χ1n) is 9.42. The minimum atomic E-state index is -2.98. The number of benzene rings is 1. The number of aryl methyl sites for hydroxylation is 1. The number of hydrogen-bond donors (Lipinski definition) is 1. The van der Waals surface area contributed by atoms with Crippen molar-refractivity contribution in [3.05, 3.63) is 46.8 Å². The maximum atomic E-state index is 12.3. The highest BCUT2D eigenvalue weighted by molar-refractivity contribution is 7.91. The van der Waals surface area contributed by atoms with Crippen molar-refractivity contribution in [3.63, 3.8) is 0 Å². The van der Waals surface area contributed by atoms with Gasteiger partial charge in [0.25, 0.3) is 0 Å². The van der Waals surface area contributed by atoms with E-state index >= 15 is 0 Å². The number of likely N-dealkylation sites (N-methyl/N-ethyl adjacent to an activating group) is 1. The largest absolute Gasteiger partial charge is 0.325 e. The van der Waals surface area contributed by atoms with E-state index in [0.29, 0.717) is 24.2 Å². The molecule has 1 aliphatic heterocycles. The minimum absolute atomic E-state index is 0.113. The van der Waals surface area contributed by atoms with Crippen LogP contribution in [-0.2, 0) is 21.2 Å². The zero-order valence-corrected chi connectivity index (χ0v) is 17.7. The van der Waals surface area contributed by atoms with Crippen molar-refractivity contribution < 1.29 is 13.2 Å². The van der Waals surface area contributed by atoms with Gasteiger partial charge < -0.3 is 5.32 Å². The SMILES string of the molecule is Cc1nn([C@H]2CCS(=O)(=O)C2)c(C)c1CN(C)CC(=O)Nc1ccc(C#N)cc1. The first-order valence-corrected chi connectivity index (χ1v) is 11.2. The van der Waals surface area contributed by atoms with Crippen LogP contribution in [0.1, 0.15) is 35.0 Å². The van der Waals surface area contributed by atoms with E-state index in [1.807, 2.05) is 36.5 Å². The van der Waals surface area contributed by atoms with E-state index in [1.165, 1.54) is 0 Å². The summed E-state index contributed by atoms with van der Waals surface area (Å²) in [5.41, 5.74) is 4.00. The van der Waals surface area contributed by atoms with E-state index in [1.54, 1.807) is 24.3 Å². The zero-order valence-electron chi connectivity index (χ0n) is 16.8. The van der Waals surface area contributed by atoms with E-state index < -0.39 is 9.84 Å². The van der Waals surface area contributed by atoms with Gasteiger partial charge in [0.05, 0.1) is 41.4 Å². The van der Waals surface area contributed by atoms with E-state index in [-0.39, 0.29) is 30.0 Å². The summed E-state index contributed by atoms with van der Waals surface area (Å²) in [4.78, 5) is 14.2. The lowest BCUT2D eigenvalue weighted by Gasteiger charge is -2.17. The van der Waals surface area contributed by atoms with Crippen LogP contribution in [0.4, 0.5) is 5.69 Å². The molecule has 0 unspecified atom stereocenters. The second-order valence-corrected chi connectivity index (χ2v) is 9.79. The van der Waals surface area contributed by atoms with Crippen LogP contribution >= 0.6 is 0 Å². The van der Waals surface area contributed by atoms with Crippen LogP contribution in [0, 0.1) is 25.2 Å². The smallest absolute Gasteiger partial charge is 0.238 e. The fraction of sp³-hybridized carbons (Fsp3) is 0.450. The van der Waals surface area contributed by atoms with Gasteiger partial charge in [-0.1, -0.05) is 0 Å². The molecule has 154 valence electrons. The molecule has 0 spiro atoms. The minimum Gasteiger partial charge on any atom is -0.325 e. The number of nitrogens with one attached hydrogen (secondary N) is 1. The van der Waals surface area contributed by atoms with Crippen LogP contribution in [0.15, 0.2) is 24.3 Å². The predicted octanol–water partition coefficient (Wildman–Crippen LogP) is 1.80. The molecule has 8 nitrogen and oxygen atoms in total. The van der Waals surface area contributed by atoms with Crippen LogP contribution in [0.2, 0.25) is 0 Å². The molecule has 1 amide bonds. The van der Waals surface area contributed by atoms with Gasteiger partial charge in [0.2, 0.25) is 5.91 Å². The van der Waals surface area contributed by atoms with E-state index in [2.05, 4.69) is 10.4 Å². The van der Waals surface area contributed by atoms with Gasteiger partial charge in [-0.25, -0.2) is 8.42 Å². The maximum absolute atomic E-state index is 12.3. The van der Waals surface area contributed by atoms with Gasteiger partial charge in [-0.3, -0.25) is 14.4 Å². The van der Waals surface area contributed by atoms with Crippen molar-refractivity contribution >= 4 is 21.4 Å². The van der Waals surface area contributed by atoms with Gasteiger partial charge in [-0.05, 0) is 51.6 Å². The molecule has 1 N–H and O–H groups in total. The normalized spacial score (nSPS) is 18.0. The van der Waals surface area contributed by atoms with Crippen LogP contribution in [0.5, 0.6) is 0 Å². The lowest BCUT2D eigenvalue weighted by molar-refractivity contribution is -0.117. The summed E-state index contributed by atoms with van der Waals surface area (Å²) in [6.07, 6.45) is 0.590. The Morgan fingerprint density at radius 3 is 2.62 bits per heavy atom. The highest BCUT2D eigenvalue weighted by Crippen LogP contribution is 2.27. The average Bonchev–Trinajstić information content (AvgIpc) is 3.15. The Hall–Kier alpha value is -2.70. The molecule has 0 saturated carbocycles. The molecule has 1 aliphatic rings. The number of rotatable bonds is 6. The molecule has 0 radical (unpaired) electrons. The monoisotopic (exact) mass is 415 g/mol. The van der Waals surface area contributed by atoms with Gasteiger partial charge in [-0.2, -0.15) is 10.4 Å². The number of aromatic nitrogens is 2. The van der Waals surface area contributed by atoms with Crippen molar-refractivity contribution in [2.24, 2.45) is 0 Å². The number of amides is 1. The number of carbonyl (C=O) groups excluding carboxylic acids is 1. The second kappa shape index (κ2) is 8.35. The summed E-state index contributed by atoms with van der Waals surface area (Å²) in [5.74, 6) is 0.194. The number of sulfone groups is 1. The molecule has 29 heavy (non-hydrogen) atoms. The third-order valence-corrected chi connectivity index (χ3v) is 6.92. The fourth-order valence-corrected chi connectivity index (χ4v) is 5.34. The van der Waals surface area contributed by atoms with Gasteiger partial charge >= 0.3 is 0 Å². The number of nitrogens with zero attached hydrogens (tertiary/aromatic N) is 4. The third kappa shape index (κ3) is 5.02. The summed E-state index contributed by atoms with van der Waals surface area (Å²) in [5, 5.41) is 16.2. The number of anilines is 1. The molecule has 0 aliphatic carbocycles. The van der Waals surface area contributed by atoms with Gasteiger partial charge in [0.15, 0.2) is 9.84 Å². The molecule has 3 rings (SSSR count).